The zero-order valence-electron chi connectivity index (χ0n) is 11.2. The van der Waals surface area contributed by atoms with E-state index < -0.39 is 0 Å². The van der Waals surface area contributed by atoms with Crippen molar-refractivity contribution in [1.82, 2.24) is 5.32 Å². The van der Waals surface area contributed by atoms with Crippen molar-refractivity contribution in [2.24, 2.45) is 0 Å². The van der Waals surface area contributed by atoms with Crippen LogP contribution in [0.3, 0.4) is 0 Å². The van der Waals surface area contributed by atoms with Gasteiger partial charge in [0.25, 0.3) is 0 Å². The van der Waals surface area contributed by atoms with Crippen molar-refractivity contribution < 1.29 is 0 Å². The molecule has 0 aliphatic carbocycles. The van der Waals surface area contributed by atoms with Gasteiger partial charge in [0.2, 0.25) is 0 Å². The molecule has 0 aliphatic heterocycles. The van der Waals surface area contributed by atoms with E-state index in [0.29, 0.717) is 10.0 Å². The zero-order chi connectivity index (χ0) is 14.5. The zero-order valence-corrected chi connectivity index (χ0v) is 14.3. The summed E-state index contributed by atoms with van der Waals surface area (Å²) in [6, 6.07) is 13.8. The Balaban J connectivity index is 2.44. The van der Waals surface area contributed by atoms with Crippen LogP contribution in [-0.2, 0) is 0 Å². The van der Waals surface area contributed by atoms with E-state index in [1.165, 1.54) is 0 Å². The molecule has 0 saturated carbocycles. The highest BCUT2D eigenvalue weighted by Gasteiger charge is 2.19. The molecular weight excluding hydrogens is 357 g/mol. The third-order valence-corrected chi connectivity index (χ3v) is 4.28. The van der Waals surface area contributed by atoms with Crippen LogP contribution < -0.4 is 5.32 Å². The highest BCUT2D eigenvalue weighted by atomic mass is 79.9. The summed E-state index contributed by atoms with van der Waals surface area (Å²) < 4.78 is 1.06. The molecule has 0 bridgehead atoms. The van der Waals surface area contributed by atoms with Gasteiger partial charge in [0.1, 0.15) is 0 Å². The van der Waals surface area contributed by atoms with Crippen molar-refractivity contribution in [3.8, 4) is 0 Å². The predicted octanol–water partition coefficient (Wildman–Crippen LogP) is 5.84. The van der Waals surface area contributed by atoms with Gasteiger partial charge in [-0.05, 0) is 42.8 Å². The molecule has 2 rings (SSSR count). The molecule has 4 heteroatoms. The van der Waals surface area contributed by atoms with E-state index in [4.69, 9.17) is 23.2 Å². The van der Waals surface area contributed by atoms with Gasteiger partial charge in [0.05, 0.1) is 6.04 Å². The van der Waals surface area contributed by atoms with Crippen LogP contribution in [0, 0.1) is 0 Å². The van der Waals surface area contributed by atoms with Gasteiger partial charge in [-0.2, -0.15) is 0 Å². The number of hydrogen-bond donors (Lipinski definition) is 1. The minimum atomic E-state index is 0.00394. The molecule has 0 amide bonds. The van der Waals surface area contributed by atoms with Crippen LogP contribution in [0.25, 0.3) is 0 Å². The van der Waals surface area contributed by atoms with Gasteiger partial charge in [-0.1, -0.05) is 64.3 Å². The van der Waals surface area contributed by atoms with Crippen molar-refractivity contribution in [1.29, 1.82) is 0 Å². The highest BCUT2D eigenvalue weighted by molar-refractivity contribution is 9.10. The quantitative estimate of drug-likeness (QED) is 0.694. The van der Waals surface area contributed by atoms with Crippen LogP contribution in [0.15, 0.2) is 46.9 Å². The highest BCUT2D eigenvalue weighted by Crippen LogP contribution is 2.34. The van der Waals surface area contributed by atoms with Crippen molar-refractivity contribution in [2.75, 3.05) is 6.54 Å². The fourth-order valence-electron chi connectivity index (χ4n) is 2.12. The first-order valence-corrected chi connectivity index (χ1v) is 8.11. The molecule has 0 spiro atoms. The van der Waals surface area contributed by atoms with Gasteiger partial charge in [0.15, 0.2) is 0 Å². The van der Waals surface area contributed by atoms with E-state index in [1.807, 2.05) is 30.3 Å². The molecule has 20 heavy (non-hydrogen) atoms. The maximum absolute atomic E-state index is 6.35. The third-order valence-electron chi connectivity index (χ3n) is 3.09. The molecule has 1 unspecified atom stereocenters. The Morgan fingerprint density at radius 3 is 2.20 bits per heavy atom. The lowest BCUT2D eigenvalue weighted by Crippen LogP contribution is -2.23. The number of halogens is 3. The summed E-state index contributed by atoms with van der Waals surface area (Å²) >= 11 is 16.2. The van der Waals surface area contributed by atoms with Gasteiger partial charge < -0.3 is 5.32 Å². The lowest BCUT2D eigenvalue weighted by atomic mass is 9.98. The Labute approximate surface area is 138 Å². The van der Waals surface area contributed by atoms with Crippen LogP contribution in [0.2, 0.25) is 10.0 Å². The second kappa shape index (κ2) is 7.46. The Kier molecular flexibility index (Phi) is 5.91. The molecule has 0 aliphatic rings. The largest absolute Gasteiger partial charge is 0.306 e. The minimum absolute atomic E-state index is 0.00394. The molecule has 2 aromatic rings. The fraction of sp³-hybridized carbons (Fsp3) is 0.250. The van der Waals surface area contributed by atoms with E-state index in [1.54, 1.807) is 0 Å². The van der Waals surface area contributed by atoms with Gasteiger partial charge in [-0.3, -0.25) is 0 Å². The summed E-state index contributed by atoms with van der Waals surface area (Å²) in [5, 5.41) is 4.90. The van der Waals surface area contributed by atoms with Crippen molar-refractivity contribution in [3.05, 3.63) is 68.1 Å². The average Bonchev–Trinajstić information content (AvgIpc) is 2.43. The van der Waals surface area contributed by atoms with Crippen LogP contribution in [0.1, 0.15) is 30.5 Å². The lowest BCUT2D eigenvalue weighted by molar-refractivity contribution is 0.599. The topological polar surface area (TPSA) is 12.0 Å². The second-order valence-corrected chi connectivity index (χ2v) is 6.30. The molecule has 1 atom stereocenters. The molecule has 0 fully saturated rings. The van der Waals surface area contributed by atoms with Gasteiger partial charge >= 0.3 is 0 Å². The SMILES string of the molecule is CCCNC(c1ccc(Br)cc1)c1c(Cl)cccc1Cl. The maximum atomic E-state index is 6.35. The van der Waals surface area contributed by atoms with Gasteiger partial charge in [-0.15, -0.1) is 0 Å². The molecule has 2 aromatic carbocycles. The molecule has 0 aromatic heterocycles. The first kappa shape index (κ1) is 15.8. The fourth-order valence-corrected chi connectivity index (χ4v) is 3.00. The van der Waals surface area contributed by atoms with E-state index in [-0.39, 0.29) is 6.04 Å². The number of rotatable bonds is 5. The number of benzene rings is 2. The molecule has 0 saturated heterocycles. The standard InChI is InChI=1S/C16H16BrCl2N/c1-2-10-20-16(11-6-8-12(17)9-7-11)15-13(18)4-3-5-14(15)19/h3-9,16,20H,2,10H2,1H3. The van der Waals surface area contributed by atoms with Crippen LogP contribution in [0.4, 0.5) is 0 Å². The summed E-state index contributed by atoms with van der Waals surface area (Å²) in [5.41, 5.74) is 2.09. The lowest BCUT2D eigenvalue weighted by Gasteiger charge is -2.22. The van der Waals surface area contributed by atoms with Gasteiger partial charge in [0, 0.05) is 20.1 Å². The first-order valence-electron chi connectivity index (χ1n) is 6.56. The molecule has 1 nitrogen and oxygen atoms in total. The monoisotopic (exact) mass is 371 g/mol. The van der Waals surface area contributed by atoms with Crippen LogP contribution in [0.5, 0.6) is 0 Å². The van der Waals surface area contributed by atoms with E-state index in [9.17, 15) is 0 Å². The predicted molar refractivity (Wildman–Crippen MR) is 90.7 cm³/mol. The number of nitrogens with one attached hydrogen (secondary N) is 1. The molecule has 0 radical (unpaired) electrons. The first-order chi connectivity index (χ1) is 9.63. The molecule has 0 heterocycles. The third kappa shape index (κ3) is 3.76. The van der Waals surface area contributed by atoms with Crippen LogP contribution >= 0.6 is 39.1 Å². The van der Waals surface area contributed by atoms with E-state index in [0.717, 1.165) is 28.6 Å². The summed E-state index contributed by atoms with van der Waals surface area (Å²) in [4.78, 5) is 0. The smallest absolute Gasteiger partial charge is 0.0606 e. The summed E-state index contributed by atoms with van der Waals surface area (Å²) in [6.07, 6.45) is 1.05. The Morgan fingerprint density at radius 1 is 1.05 bits per heavy atom. The number of hydrogen-bond acceptors (Lipinski definition) is 1. The van der Waals surface area contributed by atoms with Crippen molar-refractivity contribution in [3.63, 3.8) is 0 Å². The Morgan fingerprint density at radius 2 is 1.65 bits per heavy atom. The second-order valence-electron chi connectivity index (χ2n) is 4.57. The summed E-state index contributed by atoms with van der Waals surface area (Å²) in [6.45, 7) is 3.04. The molecule has 1 N–H and O–H groups in total. The van der Waals surface area contributed by atoms with Gasteiger partial charge in [-0.25, -0.2) is 0 Å². The Bertz CT molecular complexity index is 549. The van der Waals surface area contributed by atoms with E-state index in [2.05, 4.69) is 40.3 Å². The summed E-state index contributed by atoms with van der Waals surface area (Å²) in [5.74, 6) is 0. The van der Waals surface area contributed by atoms with Crippen molar-refractivity contribution in [2.45, 2.75) is 19.4 Å². The minimum Gasteiger partial charge on any atom is -0.306 e. The molecule has 106 valence electrons. The van der Waals surface area contributed by atoms with Crippen molar-refractivity contribution >= 4 is 39.1 Å². The van der Waals surface area contributed by atoms with E-state index >= 15 is 0 Å². The van der Waals surface area contributed by atoms with Crippen LogP contribution in [-0.4, -0.2) is 6.54 Å². The average molecular weight is 373 g/mol. The Hall–Kier alpha value is -0.540. The maximum Gasteiger partial charge on any atom is 0.0606 e. The summed E-state index contributed by atoms with van der Waals surface area (Å²) in [7, 11) is 0. The molecular formula is C16H16BrCl2N. The normalized spacial score (nSPS) is 12.4.